The zero-order valence-corrected chi connectivity index (χ0v) is 16.3. The fourth-order valence-corrected chi connectivity index (χ4v) is 3.82. The smallest absolute Gasteiger partial charge is 0.223 e. The van der Waals surface area contributed by atoms with E-state index in [0.29, 0.717) is 16.6 Å². The molecule has 3 aromatic rings. The van der Waals surface area contributed by atoms with Gasteiger partial charge in [-0.3, -0.25) is 9.48 Å². The Labute approximate surface area is 167 Å². The van der Waals surface area contributed by atoms with Crippen molar-refractivity contribution < 1.29 is 4.79 Å². The predicted molar refractivity (Wildman–Crippen MR) is 107 cm³/mol. The maximum atomic E-state index is 11.7. The fourth-order valence-electron chi connectivity index (χ4n) is 3.40. The van der Waals surface area contributed by atoms with Crippen molar-refractivity contribution >= 4 is 34.8 Å². The Bertz CT molecular complexity index is 1010. The lowest BCUT2D eigenvalue weighted by molar-refractivity contribution is -0.116. The largest absolute Gasteiger partial charge is 0.312 e. The predicted octanol–water partition coefficient (Wildman–Crippen LogP) is 4.40. The van der Waals surface area contributed by atoms with Crippen LogP contribution in [0.2, 0.25) is 10.0 Å². The molecule has 0 atom stereocenters. The average molecular weight is 401 g/mol. The number of hydrogen-bond acceptors (Lipinski definition) is 3. The minimum atomic E-state index is 0.0760. The van der Waals surface area contributed by atoms with Crippen LogP contribution in [0, 0.1) is 0 Å². The Hall–Kier alpha value is -2.37. The van der Waals surface area contributed by atoms with E-state index < -0.39 is 0 Å². The molecule has 4 rings (SSSR count). The summed E-state index contributed by atoms with van der Waals surface area (Å²) in [7, 11) is 0. The molecule has 0 saturated heterocycles. The number of halogens is 2. The zero-order chi connectivity index (χ0) is 19.0. The first kappa shape index (κ1) is 18.0. The minimum Gasteiger partial charge on any atom is -0.312 e. The highest BCUT2D eigenvalue weighted by molar-refractivity contribution is 6.42. The van der Waals surface area contributed by atoms with Crippen LogP contribution in [0.15, 0.2) is 42.6 Å². The number of benzene rings is 2. The van der Waals surface area contributed by atoms with Gasteiger partial charge in [-0.15, -0.1) is 5.10 Å². The van der Waals surface area contributed by atoms with Crippen molar-refractivity contribution in [2.45, 2.75) is 26.3 Å². The van der Waals surface area contributed by atoms with Crippen molar-refractivity contribution in [3.63, 3.8) is 0 Å². The van der Waals surface area contributed by atoms with Crippen LogP contribution in [-0.4, -0.2) is 27.4 Å². The summed E-state index contributed by atoms with van der Waals surface area (Å²) in [5, 5.41) is 9.67. The molecule has 1 aliphatic rings. The van der Waals surface area contributed by atoms with E-state index in [0.717, 1.165) is 41.9 Å². The molecule has 2 aromatic carbocycles. The molecule has 0 saturated carbocycles. The Kier molecular flexibility index (Phi) is 4.89. The number of fused-ring (bicyclic) bond motifs is 1. The lowest BCUT2D eigenvalue weighted by Gasteiger charge is -2.14. The van der Waals surface area contributed by atoms with Gasteiger partial charge in [0, 0.05) is 31.3 Å². The Morgan fingerprint density at radius 2 is 2.07 bits per heavy atom. The molecule has 0 bridgehead atoms. The van der Waals surface area contributed by atoms with E-state index in [4.69, 9.17) is 23.2 Å². The van der Waals surface area contributed by atoms with E-state index in [1.165, 1.54) is 5.56 Å². The number of carbonyl (C=O) groups is 1. The van der Waals surface area contributed by atoms with Gasteiger partial charge in [0.2, 0.25) is 5.91 Å². The summed E-state index contributed by atoms with van der Waals surface area (Å²) in [6.45, 7) is 3.00. The fraction of sp³-hybridized carbons (Fsp3) is 0.250. The van der Waals surface area contributed by atoms with Crippen molar-refractivity contribution in [1.82, 2.24) is 15.0 Å². The third-order valence-electron chi connectivity index (χ3n) is 4.83. The second kappa shape index (κ2) is 7.33. The lowest BCUT2D eigenvalue weighted by atomic mass is 10.1. The van der Waals surface area contributed by atoms with E-state index in [2.05, 4.69) is 16.4 Å². The maximum Gasteiger partial charge on any atom is 0.223 e. The molecule has 0 radical (unpaired) electrons. The summed E-state index contributed by atoms with van der Waals surface area (Å²) < 4.78 is 1.81. The highest BCUT2D eigenvalue weighted by Crippen LogP contribution is 2.32. The summed E-state index contributed by atoms with van der Waals surface area (Å²) in [4.78, 5) is 13.5. The van der Waals surface area contributed by atoms with E-state index in [-0.39, 0.29) is 5.91 Å². The van der Waals surface area contributed by atoms with E-state index in [1.807, 2.05) is 40.0 Å². The number of aromatic nitrogens is 3. The molecule has 0 unspecified atom stereocenters. The van der Waals surface area contributed by atoms with Crippen LogP contribution in [0.1, 0.15) is 18.1 Å². The molecular weight excluding hydrogens is 383 g/mol. The average Bonchev–Trinajstić information content (AvgIpc) is 3.29. The third kappa shape index (κ3) is 3.57. The number of aryl methyl sites for hydroxylation is 2. The second-order valence-corrected chi connectivity index (χ2v) is 7.38. The molecule has 0 aliphatic carbocycles. The van der Waals surface area contributed by atoms with E-state index >= 15 is 0 Å². The summed E-state index contributed by atoms with van der Waals surface area (Å²) in [5.41, 5.74) is 4.97. The molecule has 1 aromatic heterocycles. The molecule has 0 N–H and O–H groups in total. The first-order chi connectivity index (χ1) is 13.0. The third-order valence-corrected chi connectivity index (χ3v) is 5.69. The monoisotopic (exact) mass is 400 g/mol. The van der Waals surface area contributed by atoms with Gasteiger partial charge in [0.15, 0.2) is 0 Å². The van der Waals surface area contributed by atoms with E-state index in [1.54, 1.807) is 13.0 Å². The van der Waals surface area contributed by atoms with Crippen LogP contribution in [0.5, 0.6) is 0 Å². The van der Waals surface area contributed by atoms with Crippen LogP contribution in [-0.2, 0) is 24.2 Å². The van der Waals surface area contributed by atoms with Gasteiger partial charge in [-0.25, -0.2) is 0 Å². The Morgan fingerprint density at radius 3 is 2.89 bits per heavy atom. The maximum absolute atomic E-state index is 11.7. The minimum absolute atomic E-state index is 0.0760. The van der Waals surface area contributed by atoms with Gasteiger partial charge in [0.05, 0.1) is 16.2 Å². The summed E-state index contributed by atoms with van der Waals surface area (Å²) >= 11 is 12.3. The highest BCUT2D eigenvalue weighted by atomic mass is 35.5. The first-order valence-electron chi connectivity index (χ1n) is 8.77. The van der Waals surface area contributed by atoms with Crippen molar-refractivity contribution in [3.05, 3.63) is 63.8 Å². The van der Waals surface area contributed by atoms with Crippen LogP contribution < -0.4 is 4.90 Å². The second-order valence-electron chi connectivity index (χ2n) is 6.59. The molecule has 0 fully saturated rings. The highest BCUT2D eigenvalue weighted by Gasteiger charge is 2.22. The number of anilines is 1. The quantitative estimate of drug-likeness (QED) is 0.651. The first-order valence-corrected chi connectivity index (χ1v) is 9.53. The summed E-state index contributed by atoms with van der Waals surface area (Å²) in [6.07, 6.45) is 3.52. The molecule has 138 valence electrons. The Balaban J connectivity index is 1.50. The molecule has 1 amide bonds. The van der Waals surface area contributed by atoms with Gasteiger partial charge in [-0.05, 0) is 42.2 Å². The van der Waals surface area contributed by atoms with Crippen LogP contribution >= 0.6 is 23.2 Å². The van der Waals surface area contributed by atoms with Gasteiger partial charge in [-0.1, -0.05) is 46.6 Å². The van der Waals surface area contributed by atoms with Crippen molar-refractivity contribution in [2.24, 2.45) is 0 Å². The molecular formula is C20H18Cl2N4O. The van der Waals surface area contributed by atoms with Gasteiger partial charge < -0.3 is 4.90 Å². The van der Waals surface area contributed by atoms with Gasteiger partial charge in [0.25, 0.3) is 0 Å². The van der Waals surface area contributed by atoms with Gasteiger partial charge in [-0.2, -0.15) is 0 Å². The topological polar surface area (TPSA) is 51.0 Å². The number of carbonyl (C=O) groups excluding carboxylic acids is 1. The molecule has 2 heterocycles. The summed E-state index contributed by atoms with van der Waals surface area (Å²) in [5.74, 6) is 0.0760. The van der Waals surface area contributed by atoms with E-state index in [9.17, 15) is 4.79 Å². The van der Waals surface area contributed by atoms with Crippen LogP contribution in [0.3, 0.4) is 0 Å². The molecule has 1 aliphatic heterocycles. The SMILES string of the molecule is CC(=O)N1CCc2cc(-c3cn(CCc4cccc(Cl)c4Cl)nn3)ccc21. The van der Waals surface area contributed by atoms with Crippen LogP contribution in [0.25, 0.3) is 11.3 Å². The zero-order valence-electron chi connectivity index (χ0n) is 14.8. The summed E-state index contributed by atoms with van der Waals surface area (Å²) in [6, 6.07) is 11.7. The number of hydrogen-bond donors (Lipinski definition) is 0. The number of amides is 1. The Morgan fingerprint density at radius 1 is 1.22 bits per heavy atom. The lowest BCUT2D eigenvalue weighted by Crippen LogP contribution is -2.25. The van der Waals surface area contributed by atoms with Crippen LogP contribution in [0.4, 0.5) is 5.69 Å². The van der Waals surface area contributed by atoms with Crippen molar-refractivity contribution in [3.8, 4) is 11.3 Å². The molecule has 5 nitrogen and oxygen atoms in total. The molecule has 0 spiro atoms. The van der Waals surface area contributed by atoms with Gasteiger partial charge in [0.1, 0.15) is 5.69 Å². The molecule has 27 heavy (non-hydrogen) atoms. The van der Waals surface area contributed by atoms with Gasteiger partial charge >= 0.3 is 0 Å². The number of rotatable bonds is 4. The number of nitrogens with zero attached hydrogens (tertiary/aromatic N) is 4. The standard InChI is InChI=1S/C20H18Cl2N4O/c1-13(27)26-10-8-16-11-15(5-6-19(16)26)18-12-25(24-23-18)9-7-14-3-2-4-17(21)20(14)22/h2-6,11-12H,7-10H2,1H3. The van der Waals surface area contributed by atoms with Crippen molar-refractivity contribution in [2.75, 3.05) is 11.4 Å². The van der Waals surface area contributed by atoms with Crippen molar-refractivity contribution in [1.29, 1.82) is 0 Å². The normalized spacial score (nSPS) is 13.1. The molecule has 7 heteroatoms.